The molecule has 0 atom stereocenters. The van der Waals surface area contributed by atoms with Crippen molar-refractivity contribution in [1.29, 1.82) is 0 Å². The highest BCUT2D eigenvalue weighted by atomic mass is 32.1. The average Bonchev–Trinajstić information content (AvgIpc) is 3.31. The Kier molecular flexibility index (Phi) is 5.44. The van der Waals surface area contributed by atoms with Crippen LogP contribution in [0.3, 0.4) is 0 Å². The van der Waals surface area contributed by atoms with Crippen molar-refractivity contribution in [3.05, 3.63) is 16.3 Å². The number of aryl methyl sites for hydroxylation is 2. The minimum atomic E-state index is 0.354. The number of ether oxygens (including phenoxy) is 1. The summed E-state index contributed by atoms with van der Waals surface area (Å²) in [4.78, 5) is 23.8. The Morgan fingerprint density at radius 3 is 2.40 bits per heavy atom. The van der Waals surface area contributed by atoms with Gasteiger partial charge in [0, 0.05) is 55.7 Å². The molecule has 30 heavy (non-hydrogen) atoms. The van der Waals surface area contributed by atoms with Gasteiger partial charge in [-0.3, -0.25) is 4.90 Å². The molecule has 11 heteroatoms. The Bertz CT molecular complexity index is 1040. The van der Waals surface area contributed by atoms with E-state index in [0.29, 0.717) is 5.95 Å². The fourth-order valence-electron chi connectivity index (χ4n) is 3.99. The van der Waals surface area contributed by atoms with Crippen LogP contribution in [-0.2, 0) is 11.3 Å². The van der Waals surface area contributed by atoms with Gasteiger partial charge in [-0.05, 0) is 19.4 Å². The van der Waals surface area contributed by atoms with Crippen LogP contribution in [0.1, 0.15) is 16.3 Å². The van der Waals surface area contributed by atoms with E-state index in [2.05, 4.69) is 37.9 Å². The molecule has 2 saturated heterocycles. The van der Waals surface area contributed by atoms with Crippen molar-refractivity contribution < 1.29 is 4.74 Å². The van der Waals surface area contributed by atoms with E-state index in [9.17, 15) is 0 Å². The maximum absolute atomic E-state index is 5.70. The molecule has 0 spiro atoms. The van der Waals surface area contributed by atoms with Gasteiger partial charge in [0.1, 0.15) is 16.5 Å². The molecule has 2 N–H and O–H groups in total. The summed E-state index contributed by atoms with van der Waals surface area (Å²) < 4.78 is 9.60. The third kappa shape index (κ3) is 3.82. The lowest BCUT2D eigenvalue weighted by Crippen LogP contribution is -2.47. The topological polar surface area (TPSA) is 96.5 Å². The summed E-state index contributed by atoms with van der Waals surface area (Å²) in [6.07, 6.45) is 0. The van der Waals surface area contributed by atoms with E-state index in [0.717, 1.165) is 80.6 Å². The molecule has 9 nitrogen and oxygen atoms in total. The van der Waals surface area contributed by atoms with Gasteiger partial charge in [-0.15, -0.1) is 11.3 Å². The zero-order valence-corrected chi connectivity index (χ0v) is 18.9. The molecule has 3 aromatic heterocycles. The normalized spacial score (nSPS) is 18.5. The molecule has 2 aliphatic heterocycles. The Morgan fingerprint density at radius 1 is 0.967 bits per heavy atom. The number of piperazine rings is 1. The third-order valence-electron chi connectivity index (χ3n) is 5.81. The molecule has 2 aliphatic rings. The van der Waals surface area contributed by atoms with Crippen LogP contribution in [0.25, 0.3) is 10.2 Å². The second kappa shape index (κ2) is 8.22. The van der Waals surface area contributed by atoms with Gasteiger partial charge in [0.25, 0.3) is 0 Å². The molecule has 5 rings (SSSR count). The molecule has 3 aromatic rings. The van der Waals surface area contributed by atoms with Crippen molar-refractivity contribution in [2.24, 2.45) is 0 Å². The first-order chi connectivity index (χ1) is 14.6. The predicted molar refractivity (Wildman–Crippen MR) is 122 cm³/mol. The maximum Gasteiger partial charge on any atom is 0.233 e. The van der Waals surface area contributed by atoms with Gasteiger partial charge in [0.2, 0.25) is 11.1 Å². The monoisotopic (exact) mass is 446 g/mol. The number of rotatable bonds is 4. The van der Waals surface area contributed by atoms with E-state index in [1.807, 2.05) is 0 Å². The van der Waals surface area contributed by atoms with E-state index in [1.165, 1.54) is 27.4 Å². The first kappa shape index (κ1) is 19.9. The van der Waals surface area contributed by atoms with E-state index < -0.39 is 0 Å². The molecule has 0 aromatic carbocycles. The number of hydrogen-bond acceptors (Lipinski definition) is 11. The molecule has 2 fully saturated rings. The summed E-state index contributed by atoms with van der Waals surface area (Å²) in [6.45, 7) is 12.1. The van der Waals surface area contributed by atoms with Crippen molar-refractivity contribution in [2.45, 2.75) is 20.4 Å². The summed E-state index contributed by atoms with van der Waals surface area (Å²) in [6, 6.07) is 0. The first-order valence-corrected chi connectivity index (χ1v) is 11.8. The van der Waals surface area contributed by atoms with E-state index in [4.69, 9.17) is 20.4 Å². The summed E-state index contributed by atoms with van der Waals surface area (Å²) >= 11 is 3.14. The number of hydrogen-bond donors (Lipinski definition) is 1. The highest BCUT2D eigenvalue weighted by Crippen LogP contribution is 2.36. The molecule has 160 valence electrons. The smallest absolute Gasteiger partial charge is 0.233 e. The lowest BCUT2D eigenvalue weighted by Gasteiger charge is -2.35. The van der Waals surface area contributed by atoms with Crippen LogP contribution in [0.15, 0.2) is 0 Å². The van der Waals surface area contributed by atoms with Crippen molar-refractivity contribution in [3.8, 4) is 0 Å². The largest absolute Gasteiger partial charge is 0.379 e. The number of thiophene rings is 1. The van der Waals surface area contributed by atoms with Gasteiger partial charge in [-0.1, -0.05) is 0 Å². The third-order valence-corrected chi connectivity index (χ3v) is 7.70. The summed E-state index contributed by atoms with van der Waals surface area (Å²) in [5.41, 5.74) is 7.00. The number of morpholine rings is 1. The Labute approximate surface area is 183 Å². The zero-order valence-electron chi connectivity index (χ0n) is 17.3. The fourth-order valence-corrected chi connectivity index (χ4v) is 5.69. The molecule has 0 bridgehead atoms. The van der Waals surface area contributed by atoms with Crippen LogP contribution >= 0.6 is 22.9 Å². The second-order valence-electron chi connectivity index (χ2n) is 7.72. The lowest BCUT2D eigenvalue weighted by atomic mass is 10.2. The molecule has 0 saturated carbocycles. The van der Waals surface area contributed by atoms with Crippen LogP contribution in [0.5, 0.6) is 0 Å². The zero-order chi connectivity index (χ0) is 20.7. The van der Waals surface area contributed by atoms with Crippen LogP contribution < -0.4 is 15.5 Å². The molecular formula is C19H26N8OS2. The summed E-state index contributed by atoms with van der Waals surface area (Å²) in [5.74, 6) is 2.33. The number of nitrogens with zero attached hydrogens (tertiary/aromatic N) is 7. The molecule has 0 unspecified atom stereocenters. The number of fused-ring (bicyclic) bond motifs is 1. The number of nitrogens with two attached hydrogens (primary N) is 1. The van der Waals surface area contributed by atoms with Gasteiger partial charge in [0.15, 0.2) is 0 Å². The number of aromatic nitrogens is 4. The predicted octanol–water partition coefficient (Wildman–Crippen LogP) is 1.90. The highest BCUT2D eigenvalue weighted by molar-refractivity contribution is 7.18. The quantitative estimate of drug-likeness (QED) is 0.644. The van der Waals surface area contributed by atoms with E-state index >= 15 is 0 Å². The standard InChI is InChI=1S/C19H26N8OS2/c1-12-13(2)29-17-15(12)16(21-14(22-17)11-25-7-9-28-10-8-25)26-3-5-27(6-4-26)19-23-18(20)24-30-19/h3-11H2,1-2H3,(H2,20,24). The van der Waals surface area contributed by atoms with Gasteiger partial charge >= 0.3 is 0 Å². The molecule has 0 radical (unpaired) electrons. The minimum Gasteiger partial charge on any atom is -0.379 e. The van der Waals surface area contributed by atoms with Crippen LogP contribution in [0.4, 0.5) is 16.9 Å². The fraction of sp³-hybridized carbons (Fsp3) is 0.579. The summed E-state index contributed by atoms with van der Waals surface area (Å²) in [5, 5.41) is 2.10. The molecule has 0 aliphatic carbocycles. The first-order valence-electron chi connectivity index (χ1n) is 10.2. The van der Waals surface area contributed by atoms with Crippen molar-refractivity contribution in [3.63, 3.8) is 0 Å². The van der Waals surface area contributed by atoms with Gasteiger partial charge < -0.3 is 20.3 Å². The maximum atomic E-state index is 5.70. The van der Waals surface area contributed by atoms with Crippen LogP contribution in [0.2, 0.25) is 0 Å². The van der Waals surface area contributed by atoms with Gasteiger partial charge in [-0.2, -0.15) is 9.36 Å². The summed E-state index contributed by atoms with van der Waals surface area (Å²) in [7, 11) is 0. The lowest BCUT2D eigenvalue weighted by molar-refractivity contribution is 0.0331. The second-order valence-corrected chi connectivity index (χ2v) is 9.66. The Hall–Kier alpha value is -2.08. The molecular weight excluding hydrogens is 420 g/mol. The van der Waals surface area contributed by atoms with Crippen LogP contribution in [-0.4, -0.2) is 76.7 Å². The van der Waals surface area contributed by atoms with Crippen LogP contribution in [0, 0.1) is 13.8 Å². The highest BCUT2D eigenvalue weighted by Gasteiger charge is 2.25. The molecule has 5 heterocycles. The Balaban J connectivity index is 1.42. The van der Waals surface area contributed by atoms with E-state index in [-0.39, 0.29) is 0 Å². The number of nitrogen functional groups attached to an aromatic ring is 1. The minimum absolute atomic E-state index is 0.354. The van der Waals surface area contributed by atoms with Crippen molar-refractivity contribution in [1.82, 2.24) is 24.2 Å². The van der Waals surface area contributed by atoms with Crippen molar-refractivity contribution >= 4 is 50.0 Å². The van der Waals surface area contributed by atoms with Crippen molar-refractivity contribution in [2.75, 3.05) is 68.0 Å². The van der Waals surface area contributed by atoms with Gasteiger partial charge in [-0.25, -0.2) is 9.97 Å². The SMILES string of the molecule is Cc1sc2nc(CN3CCOCC3)nc(N3CCN(c4nc(N)ns4)CC3)c2c1C. The van der Waals surface area contributed by atoms with Gasteiger partial charge in [0.05, 0.1) is 25.1 Å². The average molecular weight is 447 g/mol. The Morgan fingerprint density at radius 2 is 1.70 bits per heavy atom. The van der Waals surface area contributed by atoms with E-state index in [1.54, 1.807) is 11.3 Å². The number of anilines is 3. The molecule has 0 amide bonds.